The van der Waals surface area contributed by atoms with Gasteiger partial charge in [-0.2, -0.15) is 0 Å². The molecular formula is C28H55NO10. The molecule has 1 fully saturated rings. The lowest BCUT2D eigenvalue weighted by Crippen LogP contribution is -2.57. The molecule has 1 rings (SSSR count). The lowest BCUT2D eigenvalue weighted by molar-refractivity contribution is -0.299. The van der Waals surface area contributed by atoms with E-state index >= 15 is 0 Å². The number of rotatable bonds is 19. The van der Waals surface area contributed by atoms with Crippen molar-refractivity contribution in [3.8, 4) is 0 Å². The van der Waals surface area contributed by atoms with Gasteiger partial charge >= 0.3 is 0 Å². The molecule has 39 heavy (non-hydrogen) atoms. The third-order valence-corrected chi connectivity index (χ3v) is 7.51. The molecule has 1 saturated heterocycles. The zero-order valence-corrected chi connectivity index (χ0v) is 25.2. The topological polar surface area (TPSA) is 156 Å². The number of aliphatic hydroxyl groups excluding tert-OH is 4. The van der Waals surface area contributed by atoms with E-state index in [1.54, 1.807) is 6.92 Å². The first-order valence-electron chi connectivity index (χ1n) is 14.4. The van der Waals surface area contributed by atoms with Crippen molar-refractivity contribution < 1.29 is 48.9 Å². The van der Waals surface area contributed by atoms with Crippen LogP contribution in [0.1, 0.15) is 93.9 Å². The van der Waals surface area contributed by atoms with E-state index in [0.29, 0.717) is 6.42 Å². The van der Waals surface area contributed by atoms with Crippen LogP contribution in [0.4, 0.5) is 0 Å². The van der Waals surface area contributed by atoms with Crippen molar-refractivity contribution in [2.45, 2.75) is 154 Å². The summed E-state index contributed by atoms with van der Waals surface area (Å²) in [7, 11) is 0. The average molecular weight is 566 g/mol. The Labute approximate surface area is 234 Å². The summed E-state index contributed by atoms with van der Waals surface area (Å²) in [5.74, 6) is -0.268. The van der Waals surface area contributed by atoms with Crippen LogP contribution >= 0.6 is 0 Å². The third kappa shape index (κ3) is 11.5. The van der Waals surface area contributed by atoms with Gasteiger partial charge in [0.2, 0.25) is 5.91 Å². The largest absolute Gasteiger partial charge is 0.394 e. The van der Waals surface area contributed by atoms with Crippen LogP contribution in [0.5, 0.6) is 0 Å². The van der Waals surface area contributed by atoms with Crippen molar-refractivity contribution in [1.82, 2.24) is 5.32 Å². The quantitative estimate of drug-likeness (QED) is 0.147. The first kappa shape index (κ1) is 36.1. The fraction of sp³-hybridized carbons (Fsp3) is 0.964. The van der Waals surface area contributed by atoms with Gasteiger partial charge in [-0.3, -0.25) is 4.79 Å². The lowest BCUT2D eigenvalue weighted by Gasteiger charge is -2.42. The summed E-state index contributed by atoms with van der Waals surface area (Å²) in [4.78, 5) is 11.7. The van der Waals surface area contributed by atoms with E-state index in [2.05, 4.69) is 12.2 Å². The monoisotopic (exact) mass is 565 g/mol. The molecule has 1 aliphatic rings. The highest BCUT2D eigenvalue weighted by atomic mass is 16.7. The maximum atomic E-state index is 11.7. The molecule has 0 spiro atoms. The van der Waals surface area contributed by atoms with Crippen molar-refractivity contribution in [2.75, 3.05) is 19.8 Å². The number of amides is 1. The molecule has 11 heteroatoms. The van der Waals surface area contributed by atoms with Crippen molar-refractivity contribution in [3.05, 3.63) is 0 Å². The molecule has 0 aliphatic carbocycles. The molecule has 0 saturated carbocycles. The molecule has 0 bridgehead atoms. The Morgan fingerprint density at radius 1 is 1.05 bits per heavy atom. The van der Waals surface area contributed by atoms with Gasteiger partial charge in [0.05, 0.1) is 37.1 Å². The minimum Gasteiger partial charge on any atom is -0.394 e. The summed E-state index contributed by atoms with van der Waals surface area (Å²) in [6.45, 7) is 14.2. The Kier molecular flexibility index (Phi) is 15.9. The molecule has 6 unspecified atom stereocenters. The highest BCUT2D eigenvalue weighted by Gasteiger charge is 2.43. The third-order valence-electron chi connectivity index (χ3n) is 7.51. The number of hydrogen-bond donors (Lipinski definition) is 5. The van der Waals surface area contributed by atoms with Crippen LogP contribution < -0.4 is 5.32 Å². The Morgan fingerprint density at radius 2 is 1.64 bits per heavy atom. The van der Waals surface area contributed by atoms with Gasteiger partial charge in [-0.1, -0.05) is 40.5 Å². The van der Waals surface area contributed by atoms with E-state index in [-0.39, 0.29) is 19.1 Å². The molecule has 1 aliphatic heterocycles. The second-order valence-corrected chi connectivity index (χ2v) is 11.2. The van der Waals surface area contributed by atoms with Gasteiger partial charge < -0.3 is 49.4 Å². The molecule has 1 amide bonds. The number of ether oxygens (including phenoxy) is 5. The van der Waals surface area contributed by atoms with Crippen LogP contribution in [0, 0.1) is 0 Å². The van der Waals surface area contributed by atoms with Gasteiger partial charge in [-0.15, -0.1) is 0 Å². The summed E-state index contributed by atoms with van der Waals surface area (Å²) in [6, 6.07) is -0.565. The molecule has 5 N–H and O–H groups in total. The van der Waals surface area contributed by atoms with E-state index in [4.69, 9.17) is 23.7 Å². The molecule has 0 aromatic heterocycles. The second-order valence-electron chi connectivity index (χ2n) is 11.2. The van der Waals surface area contributed by atoms with E-state index in [9.17, 15) is 25.2 Å². The van der Waals surface area contributed by atoms with Gasteiger partial charge in [0.1, 0.15) is 30.5 Å². The van der Waals surface area contributed by atoms with Crippen LogP contribution in [0.25, 0.3) is 0 Å². The molecule has 0 aromatic carbocycles. The molecular weight excluding hydrogens is 510 g/mol. The van der Waals surface area contributed by atoms with Crippen molar-refractivity contribution >= 4 is 5.91 Å². The van der Waals surface area contributed by atoms with Crippen molar-refractivity contribution in [3.63, 3.8) is 0 Å². The maximum Gasteiger partial charge on any atom is 0.217 e. The summed E-state index contributed by atoms with van der Waals surface area (Å²) in [5, 5.41) is 44.8. The predicted molar refractivity (Wildman–Crippen MR) is 146 cm³/mol. The Hall–Kier alpha value is -0.890. The Bertz CT molecular complexity index is 699. The van der Waals surface area contributed by atoms with E-state index in [0.717, 1.165) is 32.1 Å². The number of carbonyl (C=O) groups is 1. The lowest BCUT2D eigenvalue weighted by atomic mass is 9.95. The van der Waals surface area contributed by atoms with Gasteiger partial charge in [-0.25, -0.2) is 0 Å². The predicted octanol–water partition coefficient (Wildman–Crippen LogP) is 2.01. The standard InChI is InChI=1S/C28H55NO10/c1-9-13-27(7,11-3)38-22-17-36-26(24(34)23(22)33)35-16-20(32)21(15-30)37-25(18(5)29-19(6)31)39-28(8,12-4)14-10-2/h18,20-26,30,32-34H,9-17H2,1-8H3,(H,29,31)/t18?,20-,21?,22+,23?,24?,25-,26+,27?,28?/m0/s1. The number of carbonyl (C=O) groups excluding carboxylic acids is 1. The van der Waals surface area contributed by atoms with Crippen LogP contribution in [0.2, 0.25) is 0 Å². The second kappa shape index (κ2) is 17.2. The minimum absolute atomic E-state index is 0.00932. The molecule has 10 atom stereocenters. The highest BCUT2D eigenvalue weighted by Crippen LogP contribution is 2.29. The first-order chi connectivity index (χ1) is 18.3. The summed E-state index contributed by atoms with van der Waals surface area (Å²) >= 11 is 0. The Balaban J connectivity index is 2.83. The first-order valence-corrected chi connectivity index (χ1v) is 14.4. The smallest absolute Gasteiger partial charge is 0.217 e. The maximum absolute atomic E-state index is 11.7. The van der Waals surface area contributed by atoms with Crippen molar-refractivity contribution in [2.24, 2.45) is 0 Å². The van der Waals surface area contributed by atoms with Crippen LogP contribution in [0.3, 0.4) is 0 Å². The average Bonchev–Trinajstić information content (AvgIpc) is 2.88. The molecule has 232 valence electrons. The number of hydrogen-bond acceptors (Lipinski definition) is 10. The van der Waals surface area contributed by atoms with Gasteiger partial charge in [0.25, 0.3) is 0 Å². The zero-order chi connectivity index (χ0) is 29.8. The SMILES string of the molecule is CCCC(C)(CC)O[C@H](OC(CO)[C@@H](O)CO[C@@H]1OC[C@@H](OC(C)(CC)CCC)C(O)C1O)C(C)NC(C)=O. The minimum atomic E-state index is -1.40. The number of aliphatic hydroxyl groups is 4. The molecule has 11 nitrogen and oxygen atoms in total. The van der Waals surface area contributed by atoms with Crippen molar-refractivity contribution in [1.29, 1.82) is 0 Å². The summed E-state index contributed by atoms with van der Waals surface area (Å²) < 4.78 is 29.6. The molecule has 0 radical (unpaired) electrons. The molecule has 1 heterocycles. The fourth-order valence-corrected chi connectivity index (χ4v) is 4.72. The van der Waals surface area contributed by atoms with Gasteiger partial charge in [-0.05, 0) is 46.5 Å². The van der Waals surface area contributed by atoms with Gasteiger partial charge in [0, 0.05) is 6.92 Å². The summed E-state index contributed by atoms with van der Waals surface area (Å²) in [5.41, 5.74) is -0.982. The van der Waals surface area contributed by atoms with E-state index in [1.807, 2.05) is 34.6 Å². The van der Waals surface area contributed by atoms with Crippen LogP contribution in [0.15, 0.2) is 0 Å². The van der Waals surface area contributed by atoms with Crippen LogP contribution in [-0.4, -0.2) is 106 Å². The zero-order valence-electron chi connectivity index (χ0n) is 25.2. The Morgan fingerprint density at radius 3 is 2.15 bits per heavy atom. The van der Waals surface area contributed by atoms with Crippen LogP contribution in [-0.2, 0) is 28.5 Å². The van der Waals surface area contributed by atoms with E-state index in [1.165, 1.54) is 6.92 Å². The summed E-state index contributed by atoms with van der Waals surface area (Å²) in [6.07, 6.45) is -3.16. The van der Waals surface area contributed by atoms with E-state index < -0.39 is 67.0 Å². The highest BCUT2D eigenvalue weighted by molar-refractivity contribution is 5.73. The normalized spacial score (nSPS) is 28.1. The van der Waals surface area contributed by atoms with Gasteiger partial charge in [0.15, 0.2) is 12.6 Å². The number of nitrogens with one attached hydrogen (secondary N) is 1. The molecule has 0 aromatic rings. The fourth-order valence-electron chi connectivity index (χ4n) is 4.72.